The summed E-state index contributed by atoms with van der Waals surface area (Å²) in [4.78, 5) is 23.4. The molecule has 0 unspecified atom stereocenters. The third-order valence-corrected chi connectivity index (χ3v) is 4.67. The van der Waals surface area contributed by atoms with Gasteiger partial charge in [-0.3, -0.25) is 5.32 Å². The quantitative estimate of drug-likeness (QED) is 0.466. The first kappa shape index (κ1) is 23.0. The van der Waals surface area contributed by atoms with Crippen LogP contribution in [0, 0.1) is 0 Å². The van der Waals surface area contributed by atoms with E-state index in [0.717, 1.165) is 6.08 Å². The van der Waals surface area contributed by atoms with Gasteiger partial charge in [0, 0.05) is 24.4 Å². The van der Waals surface area contributed by atoms with Crippen LogP contribution in [-0.2, 0) is 14.3 Å². The van der Waals surface area contributed by atoms with Gasteiger partial charge >= 0.3 is 12.1 Å². The third-order valence-electron chi connectivity index (χ3n) is 4.67. The highest BCUT2D eigenvalue weighted by molar-refractivity contribution is 5.85. The number of carboxylic acids is 1. The van der Waals surface area contributed by atoms with Crippen LogP contribution in [0.5, 0.6) is 17.2 Å². The summed E-state index contributed by atoms with van der Waals surface area (Å²) in [5, 5.41) is 21.1. The maximum Gasteiger partial charge on any atom is 0.412 e. The van der Waals surface area contributed by atoms with Crippen molar-refractivity contribution < 1.29 is 38.7 Å². The summed E-state index contributed by atoms with van der Waals surface area (Å²) in [6, 6.07) is 11.3. The highest BCUT2D eigenvalue weighted by Crippen LogP contribution is 2.34. The zero-order chi connectivity index (χ0) is 22.9. The molecule has 0 spiro atoms. The summed E-state index contributed by atoms with van der Waals surface area (Å²) in [6.45, 7) is 2.31. The minimum atomic E-state index is -1.03. The van der Waals surface area contributed by atoms with Crippen LogP contribution in [0.15, 0.2) is 54.6 Å². The number of phenols is 1. The van der Waals surface area contributed by atoms with Crippen molar-refractivity contribution in [3.05, 3.63) is 60.2 Å². The van der Waals surface area contributed by atoms with Crippen LogP contribution in [0.25, 0.3) is 0 Å². The third kappa shape index (κ3) is 6.39. The average molecular weight is 443 g/mol. The van der Waals surface area contributed by atoms with Gasteiger partial charge in [0.2, 0.25) is 6.79 Å². The first-order chi connectivity index (χ1) is 15.5. The fraction of sp³-hybridized carbons (Fsp3) is 0.304. The van der Waals surface area contributed by atoms with Gasteiger partial charge in [-0.15, -0.1) is 0 Å². The number of allylic oxidation sites excluding steroid dienone is 1. The van der Waals surface area contributed by atoms with E-state index in [9.17, 15) is 14.7 Å². The van der Waals surface area contributed by atoms with E-state index >= 15 is 0 Å². The number of carbonyl (C=O) groups is 2. The van der Waals surface area contributed by atoms with Crippen molar-refractivity contribution in [2.45, 2.75) is 32.0 Å². The predicted molar refractivity (Wildman–Crippen MR) is 115 cm³/mol. The second-order valence-electron chi connectivity index (χ2n) is 6.92. The topological polar surface area (TPSA) is 124 Å². The van der Waals surface area contributed by atoms with Gasteiger partial charge in [-0.2, -0.15) is 0 Å². The Labute approximate surface area is 185 Å². The van der Waals surface area contributed by atoms with Gasteiger partial charge in [0.25, 0.3) is 0 Å². The molecule has 0 aromatic heterocycles. The number of amides is 1. The molecular weight excluding hydrogens is 418 g/mol. The summed E-state index contributed by atoms with van der Waals surface area (Å²) >= 11 is 0. The number of hydrogen-bond donors (Lipinski definition) is 3. The highest BCUT2D eigenvalue weighted by Gasteiger charge is 2.28. The first-order valence-electron chi connectivity index (χ1n) is 10.1. The minimum Gasteiger partial charge on any atom is -0.508 e. The molecule has 0 bridgehead atoms. The molecule has 2 atom stereocenters. The summed E-state index contributed by atoms with van der Waals surface area (Å²) in [5.41, 5.74) is 1.10. The summed E-state index contributed by atoms with van der Waals surface area (Å²) in [7, 11) is 0. The lowest BCUT2D eigenvalue weighted by Gasteiger charge is -2.27. The molecule has 2 aromatic carbocycles. The fourth-order valence-electron chi connectivity index (χ4n) is 3.24. The molecule has 0 saturated heterocycles. The molecule has 2 aromatic rings. The number of anilines is 1. The molecular formula is C23H25NO8. The van der Waals surface area contributed by atoms with Crippen LogP contribution in [0.4, 0.5) is 10.5 Å². The minimum absolute atomic E-state index is 0.0784. The van der Waals surface area contributed by atoms with E-state index in [2.05, 4.69) is 5.32 Å². The standard InChI is InChI=1S/C23H25NO8/c1-2-29-19(5-3-4-6-21(26)27)22(15-7-10-17(25)11-8-15)32-23(28)24-16-9-12-18-20(13-16)31-14-30-18/h4,6-13,19,22,25H,2-3,5,14H2,1H3,(H,24,28)(H,26,27)/b6-4+/t19-,22-/m1/s1. The number of carboxylic acid groups (broad SMARTS) is 1. The summed E-state index contributed by atoms with van der Waals surface area (Å²) in [5.74, 6) is 0.161. The number of carbonyl (C=O) groups excluding carboxylic acids is 1. The number of aromatic hydroxyl groups is 1. The van der Waals surface area contributed by atoms with E-state index in [1.165, 1.54) is 18.2 Å². The van der Waals surface area contributed by atoms with Gasteiger partial charge in [-0.25, -0.2) is 9.59 Å². The molecule has 1 heterocycles. The van der Waals surface area contributed by atoms with Crippen molar-refractivity contribution in [1.82, 2.24) is 0 Å². The molecule has 0 fully saturated rings. The monoisotopic (exact) mass is 443 g/mol. The number of fused-ring (bicyclic) bond motifs is 1. The van der Waals surface area contributed by atoms with Gasteiger partial charge < -0.3 is 29.2 Å². The maximum absolute atomic E-state index is 12.7. The van der Waals surface area contributed by atoms with Crippen LogP contribution in [0.3, 0.4) is 0 Å². The Morgan fingerprint density at radius 1 is 1.16 bits per heavy atom. The van der Waals surface area contributed by atoms with Crippen molar-refractivity contribution in [1.29, 1.82) is 0 Å². The number of benzene rings is 2. The molecule has 9 nitrogen and oxygen atoms in total. The summed E-state index contributed by atoms with van der Waals surface area (Å²) in [6.07, 6.45) is 1.39. The summed E-state index contributed by atoms with van der Waals surface area (Å²) < 4.78 is 22.1. The predicted octanol–water partition coefficient (Wildman–Crippen LogP) is 4.24. The zero-order valence-electron chi connectivity index (χ0n) is 17.5. The lowest BCUT2D eigenvalue weighted by Crippen LogP contribution is -2.29. The zero-order valence-corrected chi connectivity index (χ0v) is 17.5. The van der Waals surface area contributed by atoms with Crippen LogP contribution in [0.1, 0.15) is 31.4 Å². The average Bonchev–Trinajstić information content (AvgIpc) is 3.23. The Morgan fingerprint density at radius 3 is 2.62 bits per heavy atom. The highest BCUT2D eigenvalue weighted by atomic mass is 16.7. The molecule has 1 aliphatic rings. The van der Waals surface area contributed by atoms with Crippen molar-refractivity contribution >= 4 is 17.7 Å². The lowest BCUT2D eigenvalue weighted by atomic mass is 10.00. The van der Waals surface area contributed by atoms with E-state index in [1.54, 1.807) is 30.3 Å². The molecule has 0 aliphatic carbocycles. The number of hydrogen-bond acceptors (Lipinski definition) is 7. The second kappa shape index (κ2) is 11.1. The fourth-order valence-corrected chi connectivity index (χ4v) is 3.24. The van der Waals surface area contributed by atoms with E-state index < -0.39 is 24.3 Å². The Balaban J connectivity index is 1.75. The maximum atomic E-state index is 12.7. The van der Waals surface area contributed by atoms with Gasteiger partial charge in [-0.1, -0.05) is 18.2 Å². The molecule has 0 saturated carbocycles. The molecule has 0 radical (unpaired) electrons. The SMILES string of the molecule is CCO[C@H](CC/C=C/C(=O)O)[C@H](OC(=O)Nc1ccc2c(c1)OCO2)c1ccc(O)cc1. The molecule has 3 rings (SSSR count). The van der Waals surface area contributed by atoms with Crippen molar-refractivity contribution in [2.75, 3.05) is 18.7 Å². The largest absolute Gasteiger partial charge is 0.508 e. The number of phenolic OH excluding ortho intramolecular Hbond substituents is 1. The van der Waals surface area contributed by atoms with E-state index in [4.69, 9.17) is 24.1 Å². The van der Waals surface area contributed by atoms with Gasteiger partial charge in [-0.05, 0) is 49.6 Å². The smallest absolute Gasteiger partial charge is 0.412 e. The first-order valence-corrected chi connectivity index (χ1v) is 10.1. The molecule has 3 N–H and O–H groups in total. The number of rotatable bonds is 10. The van der Waals surface area contributed by atoms with E-state index in [-0.39, 0.29) is 12.5 Å². The van der Waals surface area contributed by atoms with Gasteiger partial charge in [0.1, 0.15) is 5.75 Å². The van der Waals surface area contributed by atoms with Crippen LogP contribution >= 0.6 is 0 Å². The lowest BCUT2D eigenvalue weighted by molar-refractivity contribution is -0.131. The molecule has 170 valence electrons. The molecule has 1 aliphatic heterocycles. The van der Waals surface area contributed by atoms with Gasteiger partial charge in [0.05, 0.1) is 6.10 Å². The Morgan fingerprint density at radius 2 is 1.91 bits per heavy atom. The molecule has 1 amide bonds. The van der Waals surface area contributed by atoms with E-state index in [1.807, 2.05) is 6.92 Å². The Kier molecular flexibility index (Phi) is 7.93. The number of ether oxygens (including phenoxy) is 4. The van der Waals surface area contributed by atoms with Crippen LogP contribution < -0.4 is 14.8 Å². The van der Waals surface area contributed by atoms with Crippen molar-refractivity contribution in [2.24, 2.45) is 0 Å². The molecule has 9 heteroatoms. The van der Waals surface area contributed by atoms with E-state index in [0.29, 0.717) is 42.2 Å². The van der Waals surface area contributed by atoms with Gasteiger partial charge in [0.15, 0.2) is 17.6 Å². The van der Waals surface area contributed by atoms with Crippen LogP contribution in [0.2, 0.25) is 0 Å². The Hall–Kier alpha value is -3.72. The number of aliphatic carboxylic acids is 1. The second-order valence-corrected chi connectivity index (χ2v) is 6.92. The van der Waals surface area contributed by atoms with Crippen molar-refractivity contribution in [3.8, 4) is 17.2 Å². The molecule has 32 heavy (non-hydrogen) atoms. The normalized spacial score (nSPS) is 14.2. The number of nitrogens with one attached hydrogen (secondary N) is 1. The van der Waals surface area contributed by atoms with Crippen LogP contribution in [-0.4, -0.2) is 41.8 Å². The van der Waals surface area contributed by atoms with Crippen molar-refractivity contribution in [3.63, 3.8) is 0 Å². The Bertz CT molecular complexity index is 957.